The van der Waals surface area contributed by atoms with Gasteiger partial charge in [-0.25, -0.2) is 4.98 Å². The minimum Gasteiger partial charge on any atom is -0.439 e. The van der Waals surface area contributed by atoms with E-state index in [9.17, 15) is 0 Å². The maximum absolute atomic E-state index is 6.36. The van der Waals surface area contributed by atoms with Crippen LogP contribution in [0.4, 0.5) is 5.95 Å². The maximum Gasteiger partial charge on any atom is 0.228 e. The van der Waals surface area contributed by atoms with Gasteiger partial charge < -0.3 is 14.5 Å². The Kier molecular flexibility index (Phi) is 6.55. The molecule has 0 radical (unpaired) electrons. The molecule has 1 aromatic heterocycles. The molecule has 2 aliphatic rings. The van der Waals surface area contributed by atoms with E-state index in [4.69, 9.17) is 14.7 Å². The van der Waals surface area contributed by atoms with Crippen molar-refractivity contribution in [1.82, 2.24) is 19.8 Å². The fourth-order valence-electron chi connectivity index (χ4n) is 4.79. The average molecular weight is 444 g/mol. The molecular weight excluding hydrogens is 410 g/mol. The van der Waals surface area contributed by atoms with Crippen LogP contribution < -0.4 is 9.64 Å². The summed E-state index contributed by atoms with van der Waals surface area (Å²) < 4.78 is 6.36. The molecule has 33 heavy (non-hydrogen) atoms. The van der Waals surface area contributed by atoms with Crippen LogP contribution in [0.1, 0.15) is 29.7 Å². The van der Waals surface area contributed by atoms with Gasteiger partial charge >= 0.3 is 0 Å². The number of likely N-dealkylation sites (tertiary alicyclic amines) is 1. The third-order valence-electron chi connectivity index (χ3n) is 6.85. The lowest BCUT2D eigenvalue weighted by molar-refractivity contribution is 0.237. The fourth-order valence-corrected chi connectivity index (χ4v) is 4.79. The Hall–Kier alpha value is -2.96. The van der Waals surface area contributed by atoms with Crippen LogP contribution in [0, 0.1) is 0 Å². The first kappa shape index (κ1) is 21.9. The van der Waals surface area contributed by atoms with Crippen molar-refractivity contribution < 1.29 is 4.74 Å². The normalized spacial score (nSPS) is 17.5. The second kappa shape index (κ2) is 9.89. The Morgan fingerprint density at radius 3 is 2.36 bits per heavy atom. The van der Waals surface area contributed by atoms with Crippen molar-refractivity contribution in [3.05, 3.63) is 77.5 Å². The van der Waals surface area contributed by atoms with E-state index < -0.39 is 0 Å². The Bertz CT molecular complexity index is 1050. The number of benzene rings is 2. The molecule has 0 aliphatic carbocycles. The molecular formula is C27H33N5O. The standard InChI is InChI=1S/C27H33N5O/c1-30-16-13-22(14-17-30)31(2)27-28-25-15-18-32(19-21-9-5-3-6-10-21)20-24(25)26(29-27)33-23-11-7-4-8-12-23/h3-12,22H,13-20H2,1-2H3. The number of hydrogen-bond donors (Lipinski definition) is 0. The number of ether oxygens (including phenoxy) is 1. The summed E-state index contributed by atoms with van der Waals surface area (Å²) in [6.07, 6.45) is 3.17. The first-order valence-electron chi connectivity index (χ1n) is 12.0. The van der Waals surface area contributed by atoms with Gasteiger partial charge in [-0.05, 0) is 50.7 Å². The van der Waals surface area contributed by atoms with Gasteiger partial charge in [0.1, 0.15) is 5.75 Å². The van der Waals surface area contributed by atoms with Gasteiger partial charge in [0.05, 0.1) is 11.3 Å². The van der Waals surface area contributed by atoms with Crippen molar-refractivity contribution in [3.63, 3.8) is 0 Å². The highest BCUT2D eigenvalue weighted by Crippen LogP contribution is 2.32. The van der Waals surface area contributed by atoms with Crippen molar-refractivity contribution in [1.29, 1.82) is 0 Å². The van der Waals surface area contributed by atoms with Gasteiger partial charge in [0.25, 0.3) is 0 Å². The molecule has 0 bridgehead atoms. The number of hydrogen-bond acceptors (Lipinski definition) is 6. The molecule has 1 saturated heterocycles. The van der Waals surface area contributed by atoms with E-state index in [0.717, 1.165) is 74.9 Å². The summed E-state index contributed by atoms with van der Waals surface area (Å²) in [7, 11) is 4.33. The number of rotatable bonds is 6. The Labute approximate surface area is 196 Å². The molecule has 3 aromatic rings. The summed E-state index contributed by atoms with van der Waals surface area (Å²) in [4.78, 5) is 17.1. The molecule has 5 rings (SSSR count). The minimum atomic E-state index is 0.460. The van der Waals surface area contributed by atoms with Gasteiger partial charge in [-0.3, -0.25) is 4.90 Å². The lowest BCUT2D eigenvalue weighted by Crippen LogP contribution is -2.43. The first-order valence-corrected chi connectivity index (χ1v) is 12.0. The minimum absolute atomic E-state index is 0.460. The first-order chi connectivity index (χ1) is 16.2. The summed E-state index contributed by atoms with van der Waals surface area (Å²) in [6.45, 7) is 4.93. The molecule has 1 fully saturated rings. The monoisotopic (exact) mass is 443 g/mol. The number of nitrogens with zero attached hydrogens (tertiary/aromatic N) is 5. The third kappa shape index (κ3) is 5.18. The van der Waals surface area contributed by atoms with Crippen LogP contribution in [-0.2, 0) is 19.5 Å². The Morgan fingerprint density at radius 2 is 1.64 bits per heavy atom. The Morgan fingerprint density at radius 1 is 0.939 bits per heavy atom. The van der Waals surface area contributed by atoms with Crippen LogP contribution in [-0.4, -0.2) is 59.5 Å². The van der Waals surface area contributed by atoms with E-state index in [-0.39, 0.29) is 0 Å². The molecule has 2 aliphatic heterocycles. The second-order valence-corrected chi connectivity index (χ2v) is 9.26. The zero-order chi connectivity index (χ0) is 22.6. The molecule has 0 amide bonds. The van der Waals surface area contributed by atoms with Crippen molar-refractivity contribution in [2.45, 2.75) is 38.4 Å². The van der Waals surface area contributed by atoms with Crippen molar-refractivity contribution >= 4 is 5.95 Å². The second-order valence-electron chi connectivity index (χ2n) is 9.26. The molecule has 6 heteroatoms. The lowest BCUT2D eigenvalue weighted by Gasteiger charge is -2.36. The molecule has 0 unspecified atom stereocenters. The SMILES string of the molecule is CN1CCC(N(C)c2nc3c(c(Oc4ccccc4)n2)CN(Cc2ccccc2)CC3)CC1. The maximum atomic E-state index is 6.36. The van der Waals surface area contributed by atoms with Crippen LogP contribution in [0.25, 0.3) is 0 Å². The number of fused-ring (bicyclic) bond motifs is 1. The highest BCUT2D eigenvalue weighted by Gasteiger charge is 2.28. The van der Waals surface area contributed by atoms with Gasteiger partial charge in [-0.1, -0.05) is 48.5 Å². The zero-order valence-electron chi connectivity index (χ0n) is 19.7. The van der Waals surface area contributed by atoms with E-state index in [1.807, 2.05) is 30.3 Å². The van der Waals surface area contributed by atoms with Gasteiger partial charge in [0.15, 0.2) is 0 Å². The highest BCUT2D eigenvalue weighted by atomic mass is 16.5. The molecule has 6 nitrogen and oxygen atoms in total. The fraction of sp³-hybridized carbons (Fsp3) is 0.407. The lowest BCUT2D eigenvalue weighted by atomic mass is 10.0. The van der Waals surface area contributed by atoms with E-state index in [1.165, 1.54) is 5.56 Å². The molecule has 3 heterocycles. The molecule has 0 N–H and O–H groups in total. The molecule has 0 atom stereocenters. The smallest absolute Gasteiger partial charge is 0.228 e. The van der Waals surface area contributed by atoms with Crippen LogP contribution in [0.15, 0.2) is 60.7 Å². The van der Waals surface area contributed by atoms with Crippen LogP contribution >= 0.6 is 0 Å². The number of aromatic nitrogens is 2. The van der Waals surface area contributed by atoms with E-state index in [1.54, 1.807) is 0 Å². The van der Waals surface area contributed by atoms with Crippen LogP contribution in [0.3, 0.4) is 0 Å². The quantitative estimate of drug-likeness (QED) is 0.564. The summed E-state index contributed by atoms with van der Waals surface area (Å²) in [5.74, 6) is 2.29. The topological polar surface area (TPSA) is 44.7 Å². The van der Waals surface area contributed by atoms with E-state index in [2.05, 4.69) is 59.1 Å². The number of anilines is 1. The summed E-state index contributed by atoms with van der Waals surface area (Å²) in [5.41, 5.74) is 3.56. The summed E-state index contributed by atoms with van der Waals surface area (Å²) in [6, 6.07) is 21.1. The number of piperidine rings is 1. The summed E-state index contributed by atoms with van der Waals surface area (Å²) in [5, 5.41) is 0. The van der Waals surface area contributed by atoms with Gasteiger partial charge in [-0.2, -0.15) is 4.98 Å². The number of para-hydroxylation sites is 1. The summed E-state index contributed by atoms with van der Waals surface area (Å²) >= 11 is 0. The van der Waals surface area contributed by atoms with E-state index in [0.29, 0.717) is 11.9 Å². The highest BCUT2D eigenvalue weighted by molar-refractivity contribution is 5.44. The molecule has 0 spiro atoms. The van der Waals surface area contributed by atoms with Crippen LogP contribution in [0.5, 0.6) is 11.6 Å². The van der Waals surface area contributed by atoms with Gasteiger partial charge in [-0.15, -0.1) is 0 Å². The third-order valence-corrected chi connectivity index (χ3v) is 6.85. The van der Waals surface area contributed by atoms with Crippen LogP contribution in [0.2, 0.25) is 0 Å². The molecule has 0 saturated carbocycles. The molecule has 2 aromatic carbocycles. The van der Waals surface area contributed by atoms with Crippen molar-refractivity contribution in [3.8, 4) is 11.6 Å². The molecule has 172 valence electrons. The van der Waals surface area contributed by atoms with Crippen molar-refractivity contribution in [2.24, 2.45) is 0 Å². The largest absolute Gasteiger partial charge is 0.439 e. The van der Waals surface area contributed by atoms with Gasteiger partial charge in [0, 0.05) is 39.1 Å². The zero-order valence-corrected chi connectivity index (χ0v) is 19.7. The Balaban J connectivity index is 1.43. The predicted molar refractivity (Wildman–Crippen MR) is 132 cm³/mol. The van der Waals surface area contributed by atoms with Crippen molar-refractivity contribution in [2.75, 3.05) is 38.6 Å². The van der Waals surface area contributed by atoms with E-state index >= 15 is 0 Å². The predicted octanol–water partition coefficient (Wildman–Crippen LogP) is 4.36. The van der Waals surface area contributed by atoms with Gasteiger partial charge in [0.2, 0.25) is 11.8 Å². The average Bonchev–Trinajstić information content (AvgIpc) is 2.85.